The van der Waals surface area contributed by atoms with E-state index >= 15 is 0 Å². The van der Waals surface area contributed by atoms with Gasteiger partial charge in [-0.25, -0.2) is 8.42 Å². The van der Waals surface area contributed by atoms with Crippen molar-refractivity contribution in [3.63, 3.8) is 0 Å². The minimum atomic E-state index is -3.18. The second-order valence-electron chi connectivity index (χ2n) is 5.54. The van der Waals surface area contributed by atoms with Crippen LogP contribution in [0.5, 0.6) is 0 Å². The van der Waals surface area contributed by atoms with Gasteiger partial charge >= 0.3 is 0 Å². The minimum absolute atomic E-state index is 0.915. The number of hydrogen-bond donors (Lipinski definition) is 0. The summed E-state index contributed by atoms with van der Waals surface area (Å²) in [6, 6.07) is 0. The Morgan fingerprint density at radius 2 is 1.95 bits per heavy atom. The Bertz CT molecular complexity index is 662. The van der Waals surface area contributed by atoms with Crippen LogP contribution in [0.4, 0.5) is 0 Å². The van der Waals surface area contributed by atoms with Gasteiger partial charge in [0.25, 0.3) is 10.0 Å². The zero-order chi connectivity index (χ0) is 14.2. The SMILES string of the molecule is C1=NCC2=C1CCC2.CS(=O)(=O)n1cc2c(n1)CCC2. The Hall–Kier alpha value is -1.43. The third-order valence-electron chi connectivity index (χ3n) is 3.96. The monoisotopic (exact) mass is 293 g/mol. The average molecular weight is 293 g/mol. The third-order valence-corrected chi connectivity index (χ3v) is 4.83. The maximum absolute atomic E-state index is 11.0. The van der Waals surface area contributed by atoms with Crippen LogP contribution in [0, 0.1) is 0 Å². The smallest absolute Gasteiger partial charge is 0.250 e. The summed E-state index contributed by atoms with van der Waals surface area (Å²) in [6.07, 6.45) is 11.8. The molecule has 0 radical (unpaired) electrons. The zero-order valence-corrected chi connectivity index (χ0v) is 12.5. The first-order valence-electron chi connectivity index (χ1n) is 7.03. The normalized spacial score (nSPS) is 19.9. The van der Waals surface area contributed by atoms with E-state index in [0.29, 0.717) is 0 Å². The molecule has 0 N–H and O–H groups in total. The average Bonchev–Trinajstić information content (AvgIpc) is 3.08. The molecule has 1 aliphatic heterocycles. The summed E-state index contributed by atoms with van der Waals surface area (Å²) in [6.45, 7) is 1.01. The van der Waals surface area contributed by atoms with Gasteiger partial charge in [0.1, 0.15) is 0 Å². The van der Waals surface area contributed by atoms with E-state index < -0.39 is 10.0 Å². The van der Waals surface area contributed by atoms with Crippen LogP contribution in [0.1, 0.15) is 36.9 Å². The molecule has 0 bridgehead atoms. The first-order valence-corrected chi connectivity index (χ1v) is 8.87. The first kappa shape index (κ1) is 13.5. The van der Waals surface area contributed by atoms with Gasteiger partial charge in [0.2, 0.25) is 0 Å². The summed E-state index contributed by atoms with van der Waals surface area (Å²) in [4.78, 5) is 4.17. The topological polar surface area (TPSA) is 64.3 Å². The van der Waals surface area contributed by atoms with E-state index in [-0.39, 0.29) is 0 Å². The Kier molecular flexibility index (Phi) is 3.50. The summed E-state index contributed by atoms with van der Waals surface area (Å²) in [7, 11) is -3.18. The number of nitrogens with zero attached hydrogens (tertiary/aromatic N) is 3. The lowest BCUT2D eigenvalue weighted by molar-refractivity contribution is 0.585. The zero-order valence-electron chi connectivity index (χ0n) is 11.7. The molecule has 0 saturated carbocycles. The molecular formula is C14H19N3O2S. The highest BCUT2D eigenvalue weighted by Gasteiger charge is 2.18. The highest BCUT2D eigenvalue weighted by atomic mass is 32.2. The summed E-state index contributed by atoms with van der Waals surface area (Å²) < 4.78 is 23.1. The van der Waals surface area contributed by atoms with Crippen LogP contribution >= 0.6 is 0 Å². The molecule has 1 aromatic heterocycles. The molecule has 20 heavy (non-hydrogen) atoms. The maximum atomic E-state index is 11.0. The summed E-state index contributed by atoms with van der Waals surface area (Å²) in [5.74, 6) is 0. The van der Waals surface area contributed by atoms with Crippen molar-refractivity contribution in [2.24, 2.45) is 4.99 Å². The fourth-order valence-corrected chi connectivity index (χ4v) is 3.45. The molecule has 4 rings (SSSR count). The van der Waals surface area contributed by atoms with E-state index in [9.17, 15) is 8.42 Å². The molecule has 3 aliphatic rings. The molecule has 0 saturated heterocycles. The highest BCUT2D eigenvalue weighted by Crippen LogP contribution is 2.27. The van der Waals surface area contributed by atoms with Crippen molar-refractivity contribution in [1.29, 1.82) is 0 Å². The quantitative estimate of drug-likeness (QED) is 0.792. The molecule has 5 nitrogen and oxygen atoms in total. The number of aryl methyl sites for hydroxylation is 2. The number of fused-ring (bicyclic) bond motifs is 1. The number of aromatic nitrogens is 2. The fraction of sp³-hybridized carbons (Fsp3) is 0.571. The van der Waals surface area contributed by atoms with Gasteiger partial charge in [-0.2, -0.15) is 9.19 Å². The summed E-state index contributed by atoms with van der Waals surface area (Å²) in [5, 5.41) is 3.99. The van der Waals surface area contributed by atoms with Crippen molar-refractivity contribution < 1.29 is 8.42 Å². The van der Waals surface area contributed by atoms with E-state index in [1.165, 1.54) is 24.8 Å². The second-order valence-corrected chi connectivity index (χ2v) is 7.38. The van der Waals surface area contributed by atoms with Crippen molar-refractivity contribution in [2.45, 2.75) is 38.5 Å². The van der Waals surface area contributed by atoms with Crippen LogP contribution in [0.3, 0.4) is 0 Å². The lowest BCUT2D eigenvalue weighted by Gasteiger charge is -1.95. The number of aliphatic imine (C=N–C) groups is 1. The van der Waals surface area contributed by atoms with E-state index in [2.05, 4.69) is 10.1 Å². The van der Waals surface area contributed by atoms with Gasteiger partial charge in [-0.1, -0.05) is 0 Å². The molecule has 0 aromatic carbocycles. The van der Waals surface area contributed by atoms with Crippen LogP contribution in [0.2, 0.25) is 0 Å². The molecule has 0 amide bonds. The summed E-state index contributed by atoms with van der Waals surface area (Å²) >= 11 is 0. The number of hydrogen-bond acceptors (Lipinski definition) is 4. The molecule has 2 aliphatic carbocycles. The standard InChI is InChI=1S/C7H10N2O2S.C7H9N/c1-12(10,11)9-5-6-3-2-4-7(6)8-9;1-2-6-4-8-5-7(6)3-1/h5H,2-4H2,1H3;4H,1-3,5H2. The second kappa shape index (κ2) is 5.16. The van der Waals surface area contributed by atoms with Gasteiger partial charge in [0.15, 0.2) is 0 Å². The predicted octanol–water partition coefficient (Wildman–Crippen LogP) is 1.73. The van der Waals surface area contributed by atoms with E-state index in [0.717, 1.165) is 47.4 Å². The van der Waals surface area contributed by atoms with Gasteiger partial charge in [0.05, 0.1) is 18.5 Å². The van der Waals surface area contributed by atoms with Gasteiger partial charge in [-0.05, 0) is 55.2 Å². The molecule has 0 unspecified atom stereocenters. The van der Waals surface area contributed by atoms with Crippen LogP contribution < -0.4 is 0 Å². The molecule has 2 heterocycles. The molecule has 1 aromatic rings. The van der Waals surface area contributed by atoms with E-state index in [1.807, 2.05) is 6.21 Å². The minimum Gasteiger partial charge on any atom is -0.288 e. The van der Waals surface area contributed by atoms with Crippen LogP contribution in [-0.2, 0) is 22.9 Å². The molecule has 108 valence electrons. The molecular weight excluding hydrogens is 274 g/mol. The van der Waals surface area contributed by atoms with Crippen molar-refractivity contribution >= 4 is 16.2 Å². The van der Waals surface area contributed by atoms with E-state index in [1.54, 1.807) is 11.8 Å². The van der Waals surface area contributed by atoms with Gasteiger partial charge in [0, 0.05) is 12.4 Å². The first-order chi connectivity index (χ1) is 9.54. The predicted molar refractivity (Wildman–Crippen MR) is 78.7 cm³/mol. The fourth-order valence-electron chi connectivity index (χ4n) is 2.89. The van der Waals surface area contributed by atoms with Gasteiger partial charge in [-0.15, -0.1) is 0 Å². The lowest BCUT2D eigenvalue weighted by atomic mass is 10.2. The molecule has 0 fully saturated rings. The van der Waals surface area contributed by atoms with Crippen LogP contribution in [0.15, 0.2) is 22.3 Å². The summed E-state index contributed by atoms with van der Waals surface area (Å²) in [5.41, 5.74) is 5.16. The lowest BCUT2D eigenvalue weighted by Crippen LogP contribution is -2.10. The Balaban J connectivity index is 0.000000131. The molecule has 6 heteroatoms. The molecule has 0 atom stereocenters. The Morgan fingerprint density at radius 1 is 1.15 bits per heavy atom. The van der Waals surface area contributed by atoms with Crippen LogP contribution in [0.25, 0.3) is 0 Å². The van der Waals surface area contributed by atoms with Crippen molar-refractivity contribution in [3.05, 3.63) is 28.6 Å². The van der Waals surface area contributed by atoms with E-state index in [4.69, 9.17) is 0 Å². The number of allylic oxidation sites excluding steroid dienone is 1. The Morgan fingerprint density at radius 3 is 2.65 bits per heavy atom. The maximum Gasteiger partial charge on any atom is 0.250 e. The van der Waals surface area contributed by atoms with Crippen LogP contribution in [-0.4, -0.2) is 36.6 Å². The number of rotatable bonds is 1. The van der Waals surface area contributed by atoms with Gasteiger partial charge < -0.3 is 0 Å². The molecule has 0 spiro atoms. The Labute approximate surface area is 119 Å². The third kappa shape index (κ3) is 2.70. The highest BCUT2D eigenvalue weighted by molar-refractivity contribution is 7.89. The largest absolute Gasteiger partial charge is 0.288 e. The van der Waals surface area contributed by atoms with Crippen molar-refractivity contribution in [2.75, 3.05) is 12.8 Å². The van der Waals surface area contributed by atoms with Crippen molar-refractivity contribution in [3.8, 4) is 0 Å². The van der Waals surface area contributed by atoms with Gasteiger partial charge in [-0.3, -0.25) is 4.99 Å². The van der Waals surface area contributed by atoms with Crippen molar-refractivity contribution in [1.82, 2.24) is 9.19 Å².